The molecule has 13 heavy (non-hydrogen) atoms. The molecule has 1 saturated heterocycles. The second-order valence-corrected chi connectivity index (χ2v) is 6.16. The predicted octanol–water partition coefficient (Wildman–Crippen LogP) is 3.10. The summed E-state index contributed by atoms with van der Waals surface area (Å²) in [5, 5.41) is 0. The van der Waals surface area contributed by atoms with Gasteiger partial charge in [-0.15, -0.1) is 0 Å². The van der Waals surface area contributed by atoms with Gasteiger partial charge in [-0.3, -0.25) is 0 Å². The van der Waals surface area contributed by atoms with Crippen LogP contribution in [0.4, 0.5) is 0 Å². The summed E-state index contributed by atoms with van der Waals surface area (Å²) in [7, 11) is 0. The molecule has 0 aromatic rings. The van der Waals surface area contributed by atoms with E-state index in [1.807, 2.05) is 0 Å². The van der Waals surface area contributed by atoms with Crippen molar-refractivity contribution in [2.75, 3.05) is 13.2 Å². The molecule has 76 valence electrons. The maximum absolute atomic E-state index is 5.49. The highest BCUT2D eigenvalue weighted by Gasteiger charge is 2.39. The summed E-state index contributed by atoms with van der Waals surface area (Å²) in [6.45, 7) is 9.17. The first-order chi connectivity index (χ1) is 6.04. The van der Waals surface area contributed by atoms with Gasteiger partial charge in [-0.2, -0.15) is 0 Å². The number of ether oxygens (including phenoxy) is 1. The molecule has 0 amide bonds. The summed E-state index contributed by atoms with van der Waals surface area (Å²) in [6.07, 6.45) is 4.27. The van der Waals surface area contributed by atoms with Gasteiger partial charge in [0.05, 0.1) is 0 Å². The molecule has 2 rings (SSSR count). The second-order valence-electron chi connectivity index (χ2n) is 6.16. The van der Waals surface area contributed by atoms with Crippen LogP contribution in [0.1, 0.15) is 40.0 Å². The maximum Gasteiger partial charge on any atom is 0.0498 e. The van der Waals surface area contributed by atoms with Crippen LogP contribution in [0.5, 0.6) is 0 Å². The molecule has 1 heterocycles. The van der Waals surface area contributed by atoms with Gasteiger partial charge in [-0.25, -0.2) is 0 Å². The zero-order valence-corrected chi connectivity index (χ0v) is 9.18. The van der Waals surface area contributed by atoms with Crippen LogP contribution < -0.4 is 0 Å². The standard InChI is InChI=1S/C12H22O/c1-12(2,3)6-9-4-10-7-13-8-11(10)5-9/h9-11H,4-8H2,1-3H3/t9-,10+,11-. The lowest BCUT2D eigenvalue weighted by atomic mass is 9.83. The van der Waals surface area contributed by atoms with Crippen LogP contribution in [0, 0.1) is 23.2 Å². The summed E-state index contributed by atoms with van der Waals surface area (Å²) < 4.78 is 5.49. The molecule has 0 N–H and O–H groups in total. The van der Waals surface area contributed by atoms with Gasteiger partial charge < -0.3 is 4.74 Å². The Labute approximate surface area is 81.9 Å². The first-order valence-corrected chi connectivity index (χ1v) is 5.62. The van der Waals surface area contributed by atoms with E-state index in [1.165, 1.54) is 19.3 Å². The average molecular weight is 182 g/mol. The predicted molar refractivity (Wildman–Crippen MR) is 54.6 cm³/mol. The van der Waals surface area contributed by atoms with Crippen molar-refractivity contribution in [2.45, 2.75) is 40.0 Å². The van der Waals surface area contributed by atoms with Crippen LogP contribution in [0.25, 0.3) is 0 Å². The van der Waals surface area contributed by atoms with E-state index in [4.69, 9.17) is 4.74 Å². The number of rotatable bonds is 1. The molecule has 0 bridgehead atoms. The first kappa shape index (κ1) is 9.51. The fraction of sp³-hybridized carbons (Fsp3) is 1.00. The Kier molecular flexibility index (Phi) is 2.39. The van der Waals surface area contributed by atoms with Crippen LogP contribution in [-0.4, -0.2) is 13.2 Å². The average Bonchev–Trinajstić information content (AvgIpc) is 2.40. The van der Waals surface area contributed by atoms with Crippen molar-refractivity contribution in [1.29, 1.82) is 0 Å². The molecule has 0 spiro atoms. The normalized spacial score (nSPS) is 39.5. The largest absolute Gasteiger partial charge is 0.381 e. The smallest absolute Gasteiger partial charge is 0.0498 e. The summed E-state index contributed by atoms with van der Waals surface area (Å²) in [6, 6.07) is 0. The Morgan fingerprint density at radius 3 is 2.08 bits per heavy atom. The number of hydrogen-bond donors (Lipinski definition) is 0. The summed E-state index contributed by atoms with van der Waals surface area (Å²) in [5.74, 6) is 2.80. The van der Waals surface area contributed by atoms with Gasteiger partial charge in [-0.05, 0) is 42.4 Å². The van der Waals surface area contributed by atoms with Gasteiger partial charge >= 0.3 is 0 Å². The lowest BCUT2D eigenvalue weighted by Crippen LogP contribution is -2.12. The van der Waals surface area contributed by atoms with Crippen LogP contribution in [0.15, 0.2) is 0 Å². The van der Waals surface area contributed by atoms with Crippen LogP contribution in [0.3, 0.4) is 0 Å². The minimum absolute atomic E-state index is 0.518. The Hall–Kier alpha value is -0.0400. The van der Waals surface area contributed by atoms with Crippen molar-refractivity contribution in [2.24, 2.45) is 23.2 Å². The highest BCUT2D eigenvalue weighted by Crippen LogP contribution is 2.44. The number of hydrogen-bond acceptors (Lipinski definition) is 1. The molecule has 0 aromatic heterocycles. The van der Waals surface area contributed by atoms with Gasteiger partial charge in [0.1, 0.15) is 0 Å². The van der Waals surface area contributed by atoms with Crippen LogP contribution >= 0.6 is 0 Å². The monoisotopic (exact) mass is 182 g/mol. The van der Waals surface area contributed by atoms with Crippen molar-refractivity contribution in [3.63, 3.8) is 0 Å². The van der Waals surface area contributed by atoms with Gasteiger partial charge in [0.25, 0.3) is 0 Å². The molecule has 1 heteroatoms. The lowest BCUT2D eigenvalue weighted by molar-refractivity contribution is 0.160. The molecule has 0 radical (unpaired) electrons. The topological polar surface area (TPSA) is 9.23 Å². The molecule has 3 atom stereocenters. The molecule has 1 aliphatic heterocycles. The SMILES string of the molecule is CC(C)(C)C[C@@H]1C[C@H]2COC[C@H]2C1. The third-order valence-electron chi connectivity index (χ3n) is 3.50. The van der Waals surface area contributed by atoms with E-state index in [-0.39, 0.29) is 0 Å². The quantitative estimate of drug-likeness (QED) is 0.605. The van der Waals surface area contributed by atoms with Crippen molar-refractivity contribution >= 4 is 0 Å². The molecular formula is C12H22O. The summed E-state index contributed by atoms with van der Waals surface area (Å²) in [5.41, 5.74) is 0.518. The fourth-order valence-corrected chi connectivity index (χ4v) is 3.15. The molecule has 1 nitrogen and oxygen atoms in total. The zero-order chi connectivity index (χ0) is 9.47. The van der Waals surface area contributed by atoms with Crippen molar-refractivity contribution < 1.29 is 4.74 Å². The van der Waals surface area contributed by atoms with E-state index in [0.717, 1.165) is 31.0 Å². The maximum atomic E-state index is 5.49. The van der Waals surface area contributed by atoms with E-state index in [1.54, 1.807) is 0 Å². The summed E-state index contributed by atoms with van der Waals surface area (Å²) in [4.78, 5) is 0. The van der Waals surface area contributed by atoms with E-state index >= 15 is 0 Å². The Balaban J connectivity index is 1.85. The second kappa shape index (κ2) is 3.27. The fourth-order valence-electron chi connectivity index (χ4n) is 3.15. The van der Waals surface area contributed by atoms with Crippen LogP contribution in [-0.2, 0) is 4.74 Å². The minimum atomic E-state index is 0.518. The third kappa shape index (κ3) is 2.25. The van der Waals surface area contributed by atoms with Gasteiger partial charge in [0.2, 0.25) is 0 Å². The molecule has 1 saturated carbocycles. The van der Waals surface area contributed by atoms with Gasteiger partial charge in [-0.1, -0.05) is 20.8 Å². The van der Waals surface area contributed by atoms with E-state index in [9.17, 15) is 0 Å². The zero-order valence-electron chi connectivity index (χ0n) is 9.18. The molecule has 1 aliphatic carbocycles. The lowest BCUT2D eigenvalue weighted by Gasteiger charge is -2.23. The molecule has 2 aliphatic rings. The van der Waals surface area contributed by atoms with E-state index in [2.05, 4.69) is 20.8 Å². The molecule has 0 aromatic carbocycles. The Morgan fingerprint density at radius 1 is 1.08 bits per heavy atom. The highest BCUT2D eigenvalue weighted by molar-refractivity contribution is 4.88. The van der Waals surface area contributed by atoms with Crippen molar-refractivity contribution in [1.82, 2.24) is 0 Å². The Morgan fingerprint density at radius 2 is 1.62 bits per heavy atom. The van der Waals surface area contributed by atoms with Gasteiger partial charge in [0.15, 0.2) is 0 Å². The number of fused-ring (bicyclic) bond motifs is 1. The summed E-state index contributed by atoms with van der Waals surface area (Å²) >= 11 is 0. The van der Waals surface area contributed by atoms with Crippen molar-refractivity contribution in [3.05, 3.63) is 0 Å². The first-order valence-electron chi connectivity index (χ1n) is 5.62. The third-order valence-corrected chi connectivity index (χ3v) is 3.50. The highest BCUT2D eigenvalue weighted by atomic mass is 16.5. The van der Waals surface area contributed by atoms with Crippen molar-refractivity contribution in [3.8, 4) is 0 Å². The molecule has 2 fully saturated rings. The van der Waals surface area contributed by atoms with Gasteiger partial charge in [0, 0.05) is 13.2 Å². The molecular weight excluding hydrogens is 160 g/mol. The molecule has 0 unspecified atom stereocenters. The van der Waals surface area contributed by atoms with E-state index < -0.39 is 0 Å². The van der Waals surface area contributed by atoms with E-state index in [0.29, 0.717) is 5.41 Å². The minimum Gasteiger partial charge on any atom is -0.381 e. The Bertz CT molecular complexity index is 168. The van der Waals surface area contributed by atoms with Crippen LogP contribution in [0.2, 0.25) is 0 Å².